The molecule has 0 amide bonds. The van der Waals surface area contributed by atoms with Crippen LogP contribution >= 0.6 is 31.9 Å². The molecule has 12 rings (SSSR count). The van der Waals surface area contributed by atoms with Crippen LogP contribution in [0.4, 0.5) is 46.8 Å². The van der Waals surface area contributed by atoms with E-state index in [-0.39, 0.29) is 103 Å². The standard InChI is InChI=1S/C32H26BrF4N7O2.C28H18BrF4N7O2/c1-31(2,3)46-20-12-18(11-19(34)13-20)27-26-28(38)39-16-40-29(26)44(42-27)15-24-41-23-10-6-9-22(33)25(23)30(45)43(24)14-17-7-4-5-8-21(17)32(35,36)37;29-19-6-3-7-20-22(19)27(42)39(11-14-4-1-2-5-18(14)28(31,32)33)21(37-20)12-40-26-23(25(34)35-13-36-26)24(38-40)15-8-16(30)10-17(41)9-15/h4-13,16H,14-15H2,1-3H3,(H2,38,39,40);1-10,13,41H,11-12H2,(H2,34,35,36). The molecule has 0 spiro atoms. The molecule has 5 N–H and O–H groups in total. The molecular formula is C60H44Br2F8N14O4. The average molecular weight is 1340 g/mol. The van der Waals surface area contributed by atoms with E-state index in [9.17, 15) is 49.8 Å². The van der Waals surface area contributed by atoms with Crippen molar-refractivity contribution in [2.24, 2.45) is 0 Å². The molecule has 0 fully saturated rings. The highest BCUT2D eigenvalue weighted by molar-refractivity contribution is 9.11. The van der Waals surface area contributed by atoms with Gasteiger partial charge < -0.3 is 21.3 Å². The fourth-order valence-corrected chi connectivity index (χ4v) is 11.1. The van der Waals surface area contributed by atoms with Crippen molar-refractivity contribution in [1.82, 2.24) is 58.6 Å². The Kier molecular flexibility index (Phi) is 15.8. The minimum absolute atomic E-state index is 0.0249. The number of halogens is 10. The van der Waals surface area contributed by atoms with Gasteiger partial charge in [-0.3, -0.25) is 18.7 Å². The zero-order valence-electron chi connectivity index (χ0n) is 46.0. The summed E-state index contributed by atoms with van der Waals surface area (Å²) < 4.78 is 124. The Hall–Kier alpha value is -9.70. The molecule has 0 aliphatic heterocycles. The summed E-state index contributed by atoms with van der Waals surface area (Å²) in [5, 5.41) is 20.2. The van der Waals surface area contributed by atoms with Gasteiger partial charge >= 0.3 is 12.4 Å². The number of nitrogens with zero attached hydrogens (tertiary/aromatic N) is 12. The number of hydrogen-bond donors (Lipinski definition) is 3. The van der Waals surface area contributed by atoms with E-state index in [1.54, 1.807) is 42.5 Å². The molecule has 0 bridgehead atoms. The number of phenols is 1. The predicted octanol–water partition coefficient (Wildman–Crippen LogP) is 12.5. The van der Waals surface area contributed by atoms with E-state index in [0.29, 0.717) is 30.9 Å². The Morgan fingerprint density at radius 1 is 0.534 bits per heavy atom. The summed E-state index contributed by atoms with van der Waals surface area (Å²) in [6, 6.07) is 27.4. The lowest BCUT2D eigenvalue weighted by atomic mass is 10.1. The van der Waals surface area contributed by atoms with Crippen molar-refractivity contribution in [2.75, 3.05) is 11.5 Å². The lowest BCUT2D eigenvalue weighted by Gasteiger charge is -2.21. The first-order valence-electron chi connectivity index (χ1n) is 26.3. The molecule has 0 radical (unpaired) electrons. The van der Waals surface area contributed by atoms with Crippen molar-refractivity contribution in [3.8, 4) is 34.0 Å². The lowest BCUT2D eigenvalue weighted by molar-refractivity contribution is -0.139. The van der Waals surface area contributed by atoms with Crippen molar-refractivity contribution >= 4 is 87.4 Å². The van der Waals surface area contributed by atoms with Crippen LogP contribution in [0.2, 0.25) is 0 Å². The minimum Gasteiger partial charge on any atom is -0.508 e. The van der Waals surface area contributed by atoms with Gasteiger partial charge in [-0.15, -0.1) is 0 Å². The Balaban J connectivity index is 0.000000183. The number of phenolic OH excluding ortho intramolecular Hbond substituents is 1. The largest absolute Gasteiger partial charge is 0.508 e. The van der Waals surface area contributed by atoms with Crippen LogP contribution in [0.15, 0.2) is 153 Å². The Morgan fingerprint density at radius 3 is 1.40 bits per heavy atom. The van der Waals surface area contributed by atoms with Gasteiger partial charge in [-0.1, -0.05) is 48.5 Å². The zero-order valence-corrected chi connectivity index (χ0v) is 49.2. The first-order chi connectivity index (χ1) is 41.7. The molecule has 448 valence electrons. The third-order valence-corrected chi connectivity index (χ3v) is 15.1. The molecule has 6 aromatic heterocycles. The number of rotatable bonds is 11. The summed E-state index contributed by atoms with van der Waals surface area (Å²) in [6.07, 6.45) is -6.87. The molecule has 6 heterocycles. The second kappa shape index (κ2) is 23.2. The van der Waals surface area contributed by atoms with Crippen molar-refractivity contribution in [1.29, 1.82) is 0 Å². The number of ether oxygens (including phenoxy) is 1. The lowest BCUT2D eigenvalue weighted by Crippen LogP contribution is -2.28. The molecule has 12 aromatic rings. The van der Waals surface area contributed by atoms with Crippen LogP contribution in [0.3, 0.4) is 0 Å². The van der Waals surface area contributed by atoms with Gasteiger partial charge in [-0.2, -0.15) is 36.5 Å². The second-order valence-corrected chi connectivity index (χ2v) is 22.6. The Morgan fingerprint density at radius 2 is 0.966 bits per heavy atom. The van der Waals surface area contributed by atoms with Gasteiger partial charge in [-0.25, -0.2) is 48.0 Å². The number of anilines is 2. The number of benzene rings is 6. The maximum atomic E-state index is 14.8. The normalized spacial score (nSPS) is 12.1. The number of aromatic nitrogens is 12. The average Bonchev–Trinajstić information content (AvgIpc) is 1.63. The van der Waals surface area contributed by atoms with Gasteiger partial charge in [0.2, 0.25) is 0 Å². The van der Waals surface area contributed by atoms with Gasteiger partial charge in [0, 0.05) is 32.2 Å². The molecule has 18 nitrogen and oxygen atoms in total. The molecule has 0 unspecified atom stereocenters. The SMILES string of the molecule is CC(C)(C)Oc1cc(F)cc(-c2nn(Cc3nc4cccc(Br)c4c(=O)n3Cc3ccccc3C(F)(F)F)c3ncnc(N)c23)c1.Nc1ncnc2c1c(-c1cc(O)cc(F)c1)nn2Cc1nc2cccc(Br)c2c(=O)n1Cc1ccccc1C(F)(F)F. The highest BCUT2D eigenvalue weighted by Crippen LogP contribution is 2.38. The molecule has 0 aliphatic rings. The van der Waals surface area contributed by atoms with Gasteiger partial charge in [0.15, 0.2) is 11.3 Å². The van der Waals surface area contributed by atoms with E-state index in [1.807, 2.05) is 20.8 Å². The summed E-state index contributed by atoms with van der Waals surface area (Å²) in [6.45, 7) is 4.21. The number of nitrogens with two attached hydrogens (primary N) is 2. The maximum Gasteiger partial charge on any atom is 0.416 e. The van der Waals surface area contributed by atoms with Gasteiger partial charge in [0.1, 0.15) is 89.2 Å². The third kappa shape index (κ3) is 12.1. The number of fused-ring (bicyclic) bond motifs is 4. The summed E-state index contributed by atoms with van der Waals surface area (Å²) >= 11 is 6.74. The van der Waals surface area contributed by atoms with Crippen molar-refractivity contribution < 1.29 is 45.0 Å². The van der Waals surface area contributed by atoms with E-state index < -0.39 is 64.9 Å². The van der Waals surface area contributed by atoms with Crippen molar-refractivity contribution in [3.63, 3.8) is 0 Å². The molecule has 6 aromatic carbocycles. The predicted molar refractivity (Wildman–Crippen MR) is 319 cm³/mol. The van der Waals surface area contributed by atoms with Gasteiger partial charge in [-0.05, 0) is 124 Å². The first kappa shape index (κ1) is 60.0. The van der Waals surface area contributed by atoms with Crippen LogP contribution in [0.5, 0.6) is 11.5 Å². The fraction of sp³-hybridized carbons (Fsp3) is 0.167. The van der Waals surface area contributed by atoms with Crippen LogP contribution in [0.25, 0.3) is 66.4 Å². The van der Waals surface area contributed by atoms with E-state index in [4.69, 9.17) is 26.3 Å². The zero-order chi connectivity index (χ0) is 62.7. The van der Waals surface area contributed by atoms with E-state index in [0.717, 1.165) is 28.8 Å². The van der Waals surface area contributed by atoms with Crippen molar-refractivity contribution in [3.05, 3.63) is 209 Å². The van der Waals surface area contributed by atoms with Gasteiger partial charge in [0.05, 0.1) is 56.8 Å². The molecular weight excluding hydrogens is 1290 g/mol. The summed E-state index contributed by atoms with van der Waals surface area (Å²) in [5.41, 5.74) is 10.7. The van der Waals surface area contributed by atoms with Crippen LogP contribution in [0, 0.1) is 11.6 Å². The Labute approximate surface area is 508 Å². The quantitative estimate of drug-likeness (QED) is 0.102. The third-order valence-electron chi connectivity index (χ3n) is 13.8. The molecule has 88 heavy (non-hydrogen) atoms. The maximum absolute atomic E-state index is 14.8. The van der Waals surface area contributed by atoms with E-state index in [1.165, 1.54) is 81.2 Å². The smallest absolute Gasteiger partial charge is 0.416 e. The van der Waals surface area contributed by atoms with Crippen LogP contribution in [-0.2, 0) is 38.5 Å². The summed E-state index contributed by atoms with van der Waals surface area (Å²) in [7, 11) is 0. The van der Waals surface area contributed by atoms with Gasteiger partial charge in [0.25, 0.3) is 11.1 Å². The number of alkyl halides is 6. The summed E-state index contributed by atoms with van der Waals surface area (Å²) in [5.74, 6) is -1.09. The monoisotopic (exact) mass is 1330 g/mol. The van der Waals surface area contributed by atoms with Crippen LogP contribution in [-0.4, -0.2) is 69.3 Å². The topological polar surface area (TPSA) is 238 Å². The fourth-order valence-electron chi connectivity index (χ4n) is 10.1. The first-order valence-corrected chi connectivity index (χ1v) is 27.9. The Bertz CT molecular complexity index is 4850. The van der Waals surface area contributed by atoms with Crippen LogP contribution in [0.1, 0.15) is 54.7 Å². The molecule has 28 heteroatoms. The molecule has 0 saturated heterocycles. The minimum atomic E-state index is -4.65. The highest BCUT2D eigenvalue weighted by atomic mass is 79.9. The van der Waals surface area contributed by atoms with Crippen LogP contribution < -0.4 is 27.3 Å². The molecule has 0 saturated carbocycles. The highest BCUT2D eigenvalue weighted by Gasteiger charge is 2.35. The number of aromatic hydroxyl groups is 1. The number of hydrogen-bond acceptors (Lipinski definition) is 14. The molecule has 0 atom stereocenters. The van der Waals surface area contributed by atoms with Crippen molar-refractivity contribution in [2.45, 2.75) is 64.9 Å². The second-order valence-electron chi connectivity index (χ2n) is 20.9. The van der Waals surface area contributed by atoms with E-state index >= 15 is 0 Å². The number of nitrogen functional groups attached to an aromatic ring is 2. The summed E-state index contributed by atoms with van der Waals surface area (Å²) in [4.78, 5) is 53.8. The van der Waals surface area contributed by atoms with E-state index in [2.05, 4.69) is 61.9 Å². The molecule has 0 aliphatic carbocycles.